The van der Waals surface area contributed by atoms with E-state index in [1.807, 2.05) is 0 Å². The summed E-state index contributed by atoms with van der Waals surface area (Å²) in [5, 5.41) is 5.12. The van der Waals surface area contributed by atoms with Crippen LogP contribution in [-0.2, 0) is 17.6 Å². The fourth-order valence-corrected chi connectivity index (χ4v) is 3.61. The molecule has 0 radical (unpaired) electrons. The molecule has 0 fully saturated rings. The van der Waals surface area contributed by atoms with Crippen LogP contribution in [0.15, 0.2) is 23.8 Å². The summed E-state index contributed by atoms with van der Waals surface area (Å²) in [6.07, 6.45) is 7.50. The van der Waals surface area contributed by atoms with Gasteiger partial charge in [0.25, 0.3) is 0 Å². The molecule has 2 N–H and O–H groups in total. The first-order valence-corrected chi connectivity index (χ1v) is 7.55. The lowest BCUT2D eigenvalue weighted by Crippen LogP contribution is -2.32. The van der Waals surface area contributed by atoms with Gasteiger partial charge >= 0.3 is 0 Å². The minimum absolute atomic E-state index is 0.0478. The van der Waals surface area contributed by atoms with Gasteiger partial charge in [-0.25, -0.2) is 4.98 Å². The number of aryl methyl sites for hydroxylation is 1. The van der Waals surface area contributed by atoms with Crippen LogP contribution in [0.2, 0.25) is 0 Å². The lowest BCUT2D eigenvalue weighted by Gasteiger charge is -2.21. The Balaban J connectivity index is 1.57. The lowest BCUT2D eigenvalue weighted by molar-refractivity contribution is -0.122. The minimum atomic E-state index is 0.0478. The smallest absolute Gasteiger partial charge is 0.227 e. The van der Waals surface area contributed by atoms with Crippen LogP contribution >= 0.6 is 11.3 Å². The molecule has 1 aliphatic carbocycles. The van der Waals surface area contributed by atoms with Crippen LogP contribution in [0.5, 0.6) is 0 Å². The quantitative estimate of drug-likeness (QED) is 0.899. The van der Waals surface area contributed by atoms with Gasteiger partial charge in [0.1, 0.15) is 5.82 Å². The van der Waals surface area contributed by atoms with Gasteiger partial charge in [0, 0.05) is 30.2 Å². The average molecular weight is 275 g/mol. The summed E-state index contributed by atoms with van der Waals surface area (Å²) in [7, 11) is 0. The van der Waals surface area contributed by atoms with Crippen molar-refractivity contribution in [2.75, 3.05) is 6.54 Å². The topological polar surface area (TPSA) is 57.8 Å². The van der Waals surface area contributed by atoms with E-state index in [2.05, 4.69) is 26.7 Å². The number of aromatic amines is 1. The number of aromatic nitrogens is 2. The third kappa shape index (κ3) is 2.71. The first-order chi connectivity index (χ1) is 9.34. The average Bonchev–Trinajstić information content (AvgIpc) is 3.08. The van der Waals surface area contributed by atoms with Crippen LogP contribution in [0.4, 0.5) is 0 Å². The fourth-order valence-electron chi connectivity index (χ4n) is 2.62. The molecule has 100 valence electrons. The van der Waals surface area contributed by atoms with Crippen molar-refractivity contribution in [1.29, 1.82) is 0 Å². The van der Waals surface area contributed by atoms with Crippen LogP contribution in [0.25, 0.3) is 0 Å². The van der Waals surface area contributed by atoms with Crippen LogP contribution in [0, 0.1) is 0 Å². The molecule has 3 rings (SSSR count). The molecule has 0 aliphatic heterocycles. The molecule has 4 nitrogen and oxygen atoms in total. The van der Waals surface area contributed by atoms with Crippen molar-refractivity contribution in [3.05, 3.63) is 40.1 Å². The molecule has 0 spiro atoms. The van der Waals surface area contributed by atoms with E-state index in [-0.39, 0.29) is 11.8 Å². The van der Waals surface area contributed by atoms with Crippen molar-refractivity contribution in [2.45, 2.75) is 31.6 Å². The van der Waals surface area contributed by atoms with Gasteiger partial charge < -0.3 is 10.3 Å². The Morgan fingerprint density at radius 1 is 1.58 bits per heavy atom. The van der Waals surface area contributed by atoms with Gasteiger partial charge in [-0.3, -0.25) is 4.79 Å². The second-order valence-electron chi connectivity index (χ2n) is 4.82. The van der Waals surface area contributed by atoms with Crippen LogP contribution in [0.3, 0.4) is 0 Å². The zero-order chi connectivity index (χ0) is 13.1. The molecular formula is C14H17N3OS. The zero-order valence-corrected chi connectivity index (χ0v) is 11.5. The molecule has 19 heavy (non-hydrogen) atoms. The maximum Gasteiger partial charge on any atom is 0.227 e. The Bertz CT molecular complexity index is 547. The minimum Gasteiger partial charge on any atom is -0.355 e. The number of nitrogens with one attached hydrogen (secondary N) is 2. The van der Waals surface area contributed by atoms with Crippen LogP contribution in [-0.4, -0.2) is 22.4 Å². The lowest BCUT2D eigenvalue weighted by atomic mass is 9.87. The second kappa shape index (κ2) is 5.57. The molecule has 0 aromatic carbocycles. The molecule has 1 atom stereocenters. The summed E-state index contributed by atoms with van der Waals surface area (Å²) in [5.74, 6) is 1.12. The van der Waals surface area contributed by atoms with Gasteiger partial charge in [-0.1, -0.05) is 0 Å². The number of hydrogen-bond acceptors (Lipinski definition) is 3. The Hall–Kier alpha value is -1.62. The standard InChI is InChI=1S/C14H17N3OS/c18-14(17-6-4-13-15-7-8-16-13)11-2-1-3-12-10(11)5-9-19-12/h5,7-9,11H,1-4,6H2,(H,15,16)(H,17,18). The van der Waals surface area contributed by atoms with E-state index >= 15 is 0 Å². The largest absolute Gasteiger partial charge is 0.355 e. The Kier molecular flexibility index (Phi) is 3.64. The second-order valence-corrected chi connectivity index (χ2v) is 5.82. The van der Waals surface area contributed by atoms with Gasteiger partial charge in [0.2, 0.25) is 5.91 Å². The highest BCUT2D eigenvalue weighted by atomic mass is 32.1. The maximum atomic E-state index is 12.3. The number of rotatable bonds is 4. The summed E-state index contributed by atoms with van der Waals surface area (Å²) in [5.41, 5.74) is 1.24. The number of thiophene rings is 1. The molecular weight excluding hydrogens is 258 g/mol. The molecule has 1 aliphatic rings. The first kappa shape index (κ1) is 12.4. The molecule has 5 heteroatoms. The van der Waals surface area contributed by atoms with E-state index < -0.39 is 0 Å². The maximum absolute atomic E-state index is 12.3. The Morgan fingerprint density at radius 3 is 3.37 bits per heavy atom. The van der Waals surface area contributed by atoms with Crippen molar-refractivity contribution in [3.63, 3.8) is 0 Å². The number of imidazole rings is 1. The molecule has 0 saturated carbocycles. The Morgan fingerprint density at radius 2 is 2.53 bits per heavy atom. The van der Waals surface area contributed by atoms with Crippen LogP contribution in [0.1, 0.15) is 35.0 Å². The number of amides is 1. The normalized spacial score (nSPS) is 18.0. The molecule has 1 amide bonds. The van der Waals surface area contributed by atoms with E-state index in [9.17, 15) is 4.79 Å². The molecule has 2 aromatic heterocycles. The highest BCUT2D eigenvalue weighted by Crippen LogP contribution is 2.34. The van der Waals surface area contributed by atoms with Gasteiger partial charge in [-0.2, -0.15) is 0 Å². The number of hydrogen-bond donors (Lipinski definition) is 2. The van der Waals surface area contributed by atoms with Crippen molar-refractivity contribution >= 4 is 17.2 Å². The summed E-state index contributed by atoms with van der Waals surface area (Å²) < 4.78 is 0. The van der Waals surface area contributed by atoms with Crippen LogP contribution < -0.4 is 5.32 Å². The van der Waals surface area contributed by atoms with E-state index in [0.717, 1.165) is 31.5 Å². The van der Waals surface area contributed by atoms with Crippen molar-refractivity contribution in [2.24, 2.45) is 0 Å². The summed E-state index contributed by atoms with van der Waals surface area (Å²) >= 11 is 1.77. The predicted octanol–water partition coefficient (Wildman–Crippen LogP) is 2.25. The number of fused-ring (bicyclic) bond motifs is 1. The summed E-state index contributed by atoms with van der Waals surface area (Å²) in [6, 6.07) is 2.11. The van der Waals surface area contributed by atoms with Crippen molar-refractivity contribution in [1.82, 2.24) is 15.3 Å². The monoisotopic (exact) mass is 275 g/mol. The number of H-pyrrole nitrogens is 1. The van der Waals surface area contributed by atoms with Crippen molar-refractivity contribution in [3.8, 4) is 0 Å². The van der Waals surface area contributed by atoms with Gasteiger partial charge in [0.05, 0.1) is 5.92 Å². The third-order valence-electron chi connectivity index (χ3n) is 3.58. The fraction of sp³-hybridized carbons (Fsp3) is 0.429. The zero-order valence-electron chi connectivity index (χ0n) is 10.7. The van der Waals surface area contributed by atoms with E-state index in [0.29, 0.717) is 6.54 Å². The molecule has 0 bridgehead atoms. The van der Waals surface area contributed by atoms with Gasteiger partial charge in [-0.05, 0) is 36.3 Å². The molecule has 2 heterocycles. The first-order valence-electron chi connectivity index (χ1n) is 6.67. The Labute approximate surface area is 116 Å². The molecule has 2 aromatic rings. The van der Waals surface area contributed by atoms with Crippen molar-refractivity contribution < 1.29 is 4.79 Å². The van der Waals surface area contributed by atoms with E-state index in [1.54, 1.807) is 23.7 Å². The predicted molar refractivity (Wildman–Crippen MR) is 75.3 cm³/mol. The molecule has 1 unspecified atom stereocenters. The SMILES string of the molecule is O=C(NCCc1ncc[nH]1)C1CCCc2sccc21. The van der Waals surface area contributed by atoms with E-state index in [4.69, 9.17) is 0 Å². The highest BCUT2D eigenvalue weighted by Gasteiger charge is 2.26. The number of carbonyl (C=O) groups excluding carboxylic acids is 1. The summed E-state index contributed by atoms with van der Waals surface area (Å²) in [4.78, 5) is 20.8. The number of carbonyl (C=O) groups is 1. The third-order valence-corrected chi connectivity index (χ3v) is 4.58. The van der Waals surface area contributed by atoms with Gasteiger partial charge in [-0.15, -0.1) is 11.3 Å². The van der Waals surface area contributed by atoms with Gasteiger partial charge in [0.15, 0.2) is 0 Å². The summed E-state index contributed by atoms with van der Waals surface area (Å²) in [6.45, 7) is 0.641. The molecule has 0 saturated heterocycles. The van der Waals surface area contributed by atoms with E-state index in [1.165, 1.54) is 10.4 Å². The highest BCUT2D eigenvalue weighted by molar-refractivity contribution is 7.10. The number of nitrogens with zero attached hydrogens (tertiary/aromatic N) is 1.